The van der Waals surface area contributed by atoms with Crippen molar-refractivity contribution < 1.29 is 19.5 Å². The maximum Gasteiger partial charge on any atom is 0.293 e. The zero-order valence-corrected chi connectivity index (χ0v) is 25.5. The van der Waals surface area contributed by atoms with Crippen LogP contribution in [0.3, 0.4) is 0 Å². The van der Waals surface area contributed by atoms with Gasteiger partial charge in [0.25, 0.3) is 17.4 Å². The molecule has 0 unspecified atom stereocenters. The van der Waals surface area contributed by atoms with Gasteiger partial charge in [0.15, 0.2) is 5.82 Å². The first-order chi connectivity index (χ1) is 22.3. The lowest BCUT2D eigenvalue weighted by Crippen LogP contribution is -2.49. The van der Waals surface area contributed by atoms with Gasteiger partial charge >= 0.3 is 0 Å². The Balaban J connectivity index is 1.15. The Morgan fingerprint density at radius 1 is 1.02 bits per heavy atom. The molecule has 0 atom stereocenters. The molecule has 11 heteroatoms. The first-order valence-corrected chi connectivity index (χ1v) is 15.5. The summed E-state index contributed by atoms with van der Waals surface area (Å²) in [6.07, 6.45) is 4.74. The van der Waals surface area contributed by atoms with Crippen LogP contribution in [0.2, 0.25) is 0 Å². The Hall–Kier alpha value is -5.29. The van der Waals surface area contributed by atoms with E-state index in [2.05, 4.69) is 27.8 Å². The van der Waals surface area contributed by atoms with E-state index in [1.165, 1.54) is 27.9 Å². The predicted molar refractivity (Wildman–Crippen MR) is 173 cm³/mol. The molecule has 7 rings (SSSR count). The number of nitrogens with zero attached hydrogens (tertiary/aromatic N) is 4. The normalized spacial score (nSPS) is 16.2. The molecule has 0 bridgehead atoms. The van der Waals surface area contributed by atoms with E-state index in [1.807, 2.05) is 24.3 Å². The number of aliphatic hydroxyl groups is 1. The lowest BCUT2D eigenvalue weighted by molar-refractivity contribution is -0.123. The Labute approximate surface area is 265 Å². The summed E-state index contributed by atoms with van der Waals surface area (Å²) < 4.78 is 1.41. The van der Waals surface area contributed by atoms with E-state index >= 15 is 0 Å². The predicted octanol–water partition coefficient (Wildman–Crippen LogP) is 3.34. The van der Waals surface area contributed by atoms with Crippen LogP contribution in [-0.2, 0) is 24.9 Å². The summed E-state index contributed by atoms with van der Waals surface area (Å²) in [6, 6.07) is 18.3. The van der Waals surface area contributed by atoms with E-state index in [9.17, 15) is 24.3 Å². The van der Waals surface area contributed by atoms with Crippen LogP contribution in [0.4, 0.5) is 17.2 Å². The molecule has 1 aromatic heterocycles. The van der Waals surface area contributed by atoms with Crippen molar-refractivity contribution in [2.75, 3.05) is 36.4 Å². The first-order valence-electron chi connectivity index (χ1n) is 15.5. The lowest BCUT2D eigenvalue weighted by atomic mass is 9.93. The molecule has 3 N–H and O–H groups in total. The van der Waals surface area contributed by atoms with Gasteiger partial charge in [0.2, 0.25) is 5.91 Å². The highest BCUT2D eigenvalue weighted by Crippen LogP contribution is 2.41. The summed E-state index contributed by atoms with van der Waals surface area (Å²) in [5.74, 6) is 0.147. The number of aromatic nitrogens is 2. The van der Waals surface area contributed by atoms with Crippen molar-refractivity contribution in [3.63, 3.8) is 0 Å². The largest absolute Gasteiger partial charge is 0.392 e. The standard InChI is InChI=1S/C35H34N6O5/c1-39-18-29(38-32(35(39)46)37-25-10-7-22(8-11-25)33(44)40-16-14-36-31(43)19-40)27-3-2-4-30(28(27)20-42)41-15-13-24-17-23(21-5-6-21)9-12-26(24)34(41)45/h2-4,7-12,17-18,21,42H,5-6,13-16,19-20H2,1H3,(H,36,43)(H,37,38). The van der Waals surface area contributed by atoms with Gasteiger partial charge in [-0.25, -0.2) is 4.98 Å². The molecule has 3 amide bonds. The van der Waals surface area contributed by atoms with Crippen LogP contribution in [0.15, 0.2) is 71.7 Å². The quantitative estimate of drug-likeness (QED) is 0.289. The topological polar surface area (TPSA) is 137 Å². The van der Waals surface area contributed by atoms with Gasteiger partial charge in [-0.1, -0.05) is 24.3 Å². The van der Waals surface area contributed by atoms with Gasteiger partial charge in [0.05, 0.1) is 24.5 Å². The highest BCUT2D eigenvalue weighted by atomic mass is 16.3. The molecule has 1 saturated carbocycles. The number of fused-ring (bicyclic) bond motifs is 1. The highest BCUT2D eigenvalue weighted by Gasteiger charge is 2.30. The van der Waals surface area contributed by atoms with Gasteiger partial charge < -0.3 is 30.1 Å². The average molecular weight is 619 g/mol. The van der Waals surface area contributed by atoms with Crippen molar-refractivity contribution in [1.29, 1.82) is 0 Å². The van der Waals surface area contributed by atoms with Gasteiger partial charge in [-0.3, -0.25) is 19.2 Å². The van der Waals surface area contributed by atoms with Gasteiger partial charge in [-0.2, -0.15) is 0 Å². The summed E-state index contributed by atoms with van der Waals surface area (Å²) in [7, 11) is 1.62. The second-order valence-corrected chi connectivity index (χ2v) is 12.0. The number of amides is 3. The zero-order valence-electron chi connectivity index (χ0n) is 25.5. The van der Waals surface area contributed by atoms with Crippen LogP contribution >= 0.6 is 0 Å². The second-order valence-electron chi connectivity index (χ2n) is 12.0. The molecule has 11 nitrogen and oxygen atoms in total. The lowest BCUT2D eigenvalue weighted by Gasteiger charge is -2.31. The average Bonchev–Trinajstić information content (AvgIpc) is 3.92. The van der Waals surface area contributed by atoms with Gasteiger partial charge in [0, 0.05) is 60.8 Å². The number of piperazine rings is 1. The number of hydrogen-bond donors (Lipinski definition) is 3. The first kappa shape index (κ1) is 29.4. The van der Waals surface area contributed by atoms with Crippen LogP contribution in [0.5, 0.6) is 0 Å². The highest BCUT2D eigenvalue weighted by molar-refractivity contribution is 6.09. The Bertz CT molecular complexity index is 1930. The maximum absolute atomic E-state index is 13.7. The van der Waals surface area contributed by atoms with E-state index in [1.54, 1.807) is 42.4 Å². The van der Waals surface area contributed by atoms with Crippen molar-refractivity contribution >= 4 is 34.9 Å². The third kappa shape index (κ3) is 5.54. The Kier molecular flexibility index (Phi) is 7.61. The van der Waals surface area contributed by atoms with Crippen LogP contribution in [0.25, 0.3) is 11.3 Å². The van der Waals surface area contributed by atoms with E-state index < -0.39 is 0 Å². The zero-order chi connectivity index (χ0) is 31.9. The minimum absolute atomic E-state index is 0.0169. The summed E-state index contributed by atoms with van der Waals surface area (Å²) in [6.45, 7) is 1.04. The SMILES string of the molecule is Cn1cc(-c2cccc(N3CCc4cc(C5CC5)ccc4C3=O)c2CO)nc(Nc2ccc(C(=O)N3CCNC(=O)C3)cc2)c1=O. The molecule has 3 aromatic carbocycles. The molecule has 2 aliphatic heterocycles. The van der Waals surface area contributed by atoms with Gasteiger partial charge in [-0.05, 0) is 72.7 Å². The summed E-state index contributed by atoms with van der Waals surface area (Å²) in [5.41, 5.74) is 5.88. The Morgan fingerprint density at radius 3 is 2.57 bits per heavy atom. The molecule has 0 radical (unpaired) electrons. The molecule has 2 fully saturated rings. The van der Waals surface area contributed by atoms with Gasteiger partial charge in [0.1, 0.15) is 0 Å². The molecule has 46 heavy (non-hydrogen) atoms. The maximum atomic E-state index is 13.7. The molecule has 1 saturated heterocycles. The van der Waals surface area contributed by atoms with Crippen LogP contribution < -0.4 is 21.1 Å². The third-order valence-electron chi connectivity index (χ3n) is 8.93. The van der Waals surface area contributed by atoms with Crippen molar-refractivity contribution in [2.24, 2.45) is 7.05 Å². The number of aryl methyl sites for hydroxylation is 1. The number of carbonyl (C=O) groups excluding carboxylic acids is 3. The number of carbonyl (C=O) groups is 3. The molecular formula is C35H34N6O5. The number of anilines is 3. The van der Waals surface area contributed by atoms with E-state index in [-0.39, 0.29) is 42.3 Å². The number of benzene rings is 3. The molecule has 3 aliphatic rings. The van der Waals surface area contributed by atoms with Crippen molar-refractivity contribution in [2.45, 2.75) is 31.8 Å². The summed E-state index contributed by atoms with van der Waals surface area (Å²) in [5, 5.41) is 16.4. The van der Waals surface area contributed by atoms with E-state index in [0.717, 1.165) is 12.0 Å². The summed E-state index contributed by atoms with van der Waals surface area (Å²) in [4.78, 5) is 59.2. The minimum Gasteiger partial charge on any atom is -0.392 e. The van der Waals surface area contributed by atoms with E-state index in [0.29, 0.717) is 64.9 Å². The fourth-order valence-corrected chi connectivity index (χ4v) is 6.29. The monoisotopic (exact) mass is 618 g/mol. The summed E-state index contributed by atoms with van der Waals surface area (Å²) >= 11 is 0. The fourth-order valence-electron chi connectivity index (χ4n) is 6.29. The smallest absolute Gasteiger partial charge is 0.293 e. The van der Waals surface area contributed by atoms with Crippen molar-refractivity contribution in [3.8, 4) is 11.3 Å². The molecule has 3 heterocycles. The van der Waals surface area contributed by atoms with Gasteiger partial charge in [-0.15, -0.1) is 0 Å². The number of hydrogen-bond acceptors (Lipinski definition) is 7. The second kappa shape index (κ2) is 11.9. The molecule has 1 aliphatic carbocycles. The number of aliphatic hydroxyl groups excluding tert-OH is 1. The number of rotatable bonds is 7. The molecule has 0 spiro atoms. The van der Waals surface area contributed by atoms with Crippen LogP contribution in [-0.4, -0.2) is 63.5 Å². The molecule has 4 aromatic rings. The van der Waals surface area contributed by atoms with Crippen molar-refractivity contribution in [1.82, 2.24) is 19.8 Å². The van der Waals surface area contributed by atoms with Crippen molar-refractivity contribution in [3.05, 3.63) is 105 Å². The Morgan fingerprint density at radius 2 is 1.83 bits per heavy atom. The fraction of sp³-hybridized carbons (Fsp3) is 0.286. The number of nitrogens with one attached hydrogen (secondary N) is 2. The third-order valence-corrected chi connectivity index (χ3v) is 8.93. The van der Waals surface area contributed by atoms with E-state index in [4.69, 9.17) is 0 Å². The molecular weight excluding hydrogens is 584 g/mol. The molecule has 234 valence electrons. The minimum atomic E-state index is -0.363. The van der Waals surface area contributed by atoms with Crippen LogP contribution in [0, 0.1) is 0 Å². The van der Waals surface area contributed by atoms with Crippen LogP contribution in [0.1, 0.15) is 56.2 Å².